The molecule has 1 fully saturated rings. The molecule has 0 amide bonds. The molecule has 20 heavy (non-hydrogen) atoms. The largest absolute Gasteiger partial charge is 0.311 e. The Kier molecular flexibility index (Phi) is 4.45. The molecule has 0 aliphatic heterocycles. The van der Waals surface area contributed by atoms with E-state index in [1.54, 1.807) is 11.1 Å². The van der Waals surface area contributed by atoms with E-state index in [9.17, 15) is 0 Å². The highest BCUT2D eigenvalue weighted by Crippen LogP contribution is 2.40. The topological polar surface area (TPSA) is 12.0 Å². The first-order chi connectivity index (χ1) is 9.78. The van der Waals surface area contributed by atoms with Gasteiger partial charge in [-0.1, -0.05) is 44.0 Å². The van der Waals surface area contributed by atoms with Crippen LogP contribution < -0.4 is 5.32 Å². The molecule has 2 bridgehead atoms. The first kappa shape index (κ1) is 14.1. The van der Waals surface area contributed by atoms with E-state index < -0.39 is 0 Å². The fourth-order valence-corrected chi connectivity index (χ4v) is 4.35. The molecule has 1 heteroatoms. The Bertz CT molecular complexity index is 406. The predicted molar refractivity (Wildman–Crippen MR) is 86.0 cm³/mol. The zero-order valence-corrected chi connectivity index (χ0v) is 13.1. The first-order valence-electron chi connectivity index (χ1n) is 8.60. The highest BCUT2D eigenvalue weighted by Gasteiger charge is 2.39. The number of unbranched alkanes of at least 4 members (excludes halogenated alkanes) is 1. The van der Waals surface area contributed by atoms with Crippen molar-refractivity contribution in [1.29, 1.82) is 0 Å². The Labute approximate surface area is 124 Å². The van der Waals surface area contributed by atoms with E-state index in [0.29, 0.717) is 6.04 Å². The quantitative estimate of drug-likeness (QED) is 0.839. The van der Waals surface area contributed by atoms with Gasteiger partial charge in [-0.2, -0.15) is 0 Å². The molecule has 1 saturated carbocycles. The number of hydrogen-bond acceptors (Lipinski definition) is 1. The summed E-state index contributed by atoms with van der Waals surface area (Å²) in [6.07, 6.45) is 9.45. The maximum atomic E-state index is 3.99. The Morgan fingerprint density at radius 2 is 1.70 bits per heavy atom. The molecule has 0 heterocycles. The Hall–Kier alpha value is -0.820. The van der Waals surface area contributed by atoms with Gasteiger partial charge in [-0.25, -0.2) is 0 Å². The summed E-state index contributed by atoms with van der Waals surface area (Å²) in [5, 5.41) is 3.99. The van der Waals surface area contributed by atoms with Crippen molar-refractivity contribution in [2.24, 2.45) is 11.8 Å². The van der Waals surface area contributed by atoms with Gasteiger partial charge in [-0.15, -0.1) is 0 Å². The molecule has 2 aliphatic rings. The van der Waals surface area contributed by atoms with Crippen molar-refractivity contribution >= 4 is 0 Å². The third kappa shape index (κ3) is 2.93. The smallest absolute Gasteiger partial charge is 0.0132 e. The van der Waals surface area contributed by atoms with Crippen LogP contribution in [-0.4, -0.2) is 12.1 Å². The highest BCUT2D eigenvalue weighted by molar-refractivity contribution is 5.30. The van der Waals surface area contributed by atoms with Gasteiger partial charge in [0.1, 0.15) is 0 Å². The zero-order valence-electron chi connectivity index (χ0n) is 13.1. The minimum atomic E-state index is 0.685. The van der Waals surface area contributed by atoms with Crippen LogP contribution >= 0.6 is 0 Å². The number of hydrogen-bond donors (Lipinski definition) is 1. The summed E-state index contributed by atoms with van der Waals surface area (Å²) in [4.78, 5) is 0. The summed E-state index contributed by atoms with van der Waals surface area (Å²) >= 11 is 0. The van der Waals surface area contributed by atoms with Gasteiger partial charge in [-0.3, -0.25) is 0 Å². The fraction of sp³-hybridized carbons (Fsp3) is 0.684. The monoisotopic (exact) mass is 271 g/mol. The second-order valence-electron chi connectivity index (χ2n) is 7.01. The van der Waals surface area contributed by atoms with Gasteiger partial charge in [0.2, 0.25) is 0 Å². The molecule has 0 spiro atoms. The Balaban J connectivity index is 1.69. The van der Waals surface area contributed by atoms with E-state index in [1.165, 1.54) is 44.9 Å². The number of fused-ring (bicyclic) bond motifs is 3. The molecule has 0 radical (unpaired) electrons. The van der Waals surface area contributed by atoms with Gasteiger partial charge in [-0.05, 0) is 62.0 Å². The number of rotatable bonds is 5. The summed E-state index contributed by atoms with van der Waals surface area (Å²) in [6, 6.07) is 10.6. The van der Waals surface area contributed by atoms with E-state index in [-0.39, 0.29) is 0 Å². The SMILES string of the molecule is CCCCC(C)NC1C2CCC1Cc1ccccc1C2. The lowest BCUT2D eigenvalue weighted by Crippen LogP contribution is -2.43. The second-order valence-corrected chi connectivity index (χ2v) is 7.01. The normalized spacial score (nSPS) is 29.8. The Morgan fingerprint density at radius 1 is 1.10 bits per heavy atom. The summed E-state index contributed by atoms with van der Waals surface area (Å²) < 4.78 is 0. The van der Waals surface area contributed by atoms with Crippen molar-refractivity contribution in [3.8, 4) is 0 Å². The van der Waals surface area contributed by atoms with Crippen LogP contribution in [0.1, 0.15) is 57.1 Å². The minimum absolute atomic E-state index is 0.685. The molecule has 0 aromatic heterocycles. The van der Waals surface area contributed by atoms with E-state index in [4.69, 9.17) is 0 Å². The molecule has 1 nitrogen and oxygen atoms in total. The first-order valence-corrected chi connectivity index (χ1v) is 8.60. The molecule has 1 aromatic carbocycles. The lowest BCUT2D eigenvalue weighted by atomic mass is 9.94. The van der Waals surface area contributed by atoms with Crippen LogP contribution in [0.25, 0.3) is 0 Å². The molecule has 1 N–H and O–H groups in total. The van der Waals surface area contributed by atoms with Crippen molar-refractivity contribution in [3.05, 3.63) is 35.4 Å². The van der Waals surface area contributed by atoms with E-state index in [2.05, 4.69) is 43.4 Å². The molecule has 3 unspecified atom stereocenters. The van der Waals surface area contributed by atoms with Gasteiger partial charge in [0, 0.05) is 12.1 Å². The average molecular weight is 271 g/mol. The van der Waals surface area contributed by atoms with E-state index in [0.717, 1.165) is 17.9 Å². The third-order valence-electron chi connectivity index (χ3n) is 5.47. The third-order valence-corrected chi connectivity index (χ3v) is 5.47. The second kappa shape index (κ2) is 6.30. The van der Waals surface area contributed by atoms with Crippen LogP contribution in [0.5, 0.6) is 0 Å². The van der Waals surface area contributed by atoms with Crippen molar-refractivity contribution in [2.75, 3.05) is 0 Å². The summed E-state index contributed by atoms with van der Waals surface area (Å²) in [5.74, 6) is 1.74. The summed E-state index contributed by atoms with van der Waals surface area (Å²) in [6.45, 7) is 4.67. The van der Waals surface area contributed by atoms with Gasteiger partial charge in [0.05, 0.1) is 0 Å². The summed E-state index contributed by atoms with van der Waals surface area (Å²) in [5.41, 5.74) is 3.24. The van der Waals surface area contributed by atoms with E-state index in [1.807, 2.05) is 0 Å². The van der Waals surface area contributed by atoms with Crippen molar-refractivity contribution < 1.29 is 0 Å². The lowest BCUT2D eigenvalue weighted by molar-refractivity contribution is 0.304. The van der Waals surface area contributed by atoms with Crippen molar-refractivity contribution in [3.63, 3.8) is 0 Å². The van der Waals surface area contributed by atoms with Gasteiger partial charge < -0.3 is 5.32 Å². The number of nitrogens with one attached hydrogen (secondary N) is 1. The molecule has 1 aromatic rings. The van der Waals surface area contributed by atoms with Crippen molar-refractivity contribution in [2.45, 2.75) is 70.9 Å². The van der Waals surface area contributed by atoms with Crippen LogP contribution in [0.3, 0.4) is 0 Å². The van der Waals surface area contributed by atoms with E-state index >= 15 is 0 Å². The average Bonchev–Trinajstić information content (AvgIpc) is 2.71. The fourth-order valence-electron chi connectivity index (χ4n) is 4.35. The molecular weight excluding hydrogens is 242 g/mol. The maximum Gasteiger partial charge on any atom is 0.0132 e. The standard InChI is InChI=1S/C19H29N/c1-3-4-7-14(2)20-19-17-10-11-18(19)13-16-9-6-5-8-15(16)12-17/h5-6,8-9,14,17-20H,3-4,7,10-13H2,1-2H3. The van der Waals surface area contributed by atoms with Gasteiger partial charge >= 0.3 is 0 Å². The molecule has 110 valence electrons. The molecule has 3 atom stereocenters. The maximum absolute atomic E-state index is 3.99. The molecule has 3 rings (SSSR count). The van der Waals surface area contributed by atoms with Crippen LogP contribution in [0, 0.1) is 11.8 Å². The molecule has 0 saturated heterocycles. The van der Waals surface area contributed by atoms with Crippen molar-refractivity contribution in [1.82, 2.24) is 5.32 Å². The molecule has 2 aliphatic carbocycles. The minimum Gasteiger partial charge on any atom is -0.311 e. The van der Waals surface area contributed by atoms with Crippen LogP contribution in [0.4, 0.5) is 0 Å². The van der Waals surface area contributed by atoms with Crippen LogP contribution in [0.2, 0.25) is 0 Å². The number of benzene rings is 1. The Morgan fingerprint density at radius 3 is 2.25 bits per heavy atom. The summed E-state index contributed by atoms with van der Waals surface area (Å²) in [7, 11) is 0. The van der Waals surface area contributed by atoms with Gasteiger partial charge in [0.15, 0.2) is 0 Å². The molecular formula is C19H29N. The van der Waals surface area contributed by atoms with Crippen LogP contribution in [-0.2, 0) is 12.8 Å². The van der Waals surface area contributed by atoms with Crippen LogP contribution in [0.15, 0.2) is 24.3 Å². The van der Waals surface area contributed by atoms with Gasteiger partial charge in [0.25, 0.3) is 0 Å². The predicted octanol–water partition coefficient (Wildman–Crippen LogP) is 4.35. The zero-order chi connectivity index (χ0) is 13.9. The lowest BCUT2D eigenvalue weighted by Gasteiger charge is -2.27. The highest BCUT2D eigenvalue weighted by atomic mass is 15.0.